The molecule has 1 aliphatic carbocycles. The van der Waals surface area contributed by atoms with Crippen molar-refractivity contribution >= 4 is 23.2 Å². The molecule has 1 saturated carbocycles. The number of nitrogens with two attached hydrogens (primary N) is 1. The van der Waals surface area contributed by atoms with Crippen LogP contribution in [0.2, 0.25) is 0 Å². The molecular formula is C26H37N7O3. The lowest BCUT2D eigenvalue weighted by Gasteiger charge is -2.38. The Balaban J connectivity index is 1.29. The average Bonchev–Trinajstić information content (AvgIpc) is 2.93. The van der Waals surface area contributed by atoms with Crippen LogP contribution in [0.1, 0.15) is 44.2 Å². The van der Waals surface area contributed by atoms with Crippen molar-refractivity contribution in [2.24, 2.45) is 10.7 Å². The third-order valence-corrected chi connectivity index (χ3v) is 7.18. The standard InChI is InChI=1S/C26H37N7O3/c1-18-2-7-23-24(29-18)25(36-22-5-3-21(4-6-22)33-10-14-35-15-11-33)32-26(31-23)30-20(16-27)17-28-19-8-12-34-13-9-19/h2,7,16-17,19,21-22H,3-6,8-15,27H2,1H3,(H,30,31,32). The maximum atomic E-state index is 6.48. The summed E-state index contributed by atoms with van der Waals surface area (Å²) < 4.78 is 17.4. The van der Waals surface area contributed by atoms with E-state index in [1.807, 2.05) is 19.1 Å². The maximum absolute atomic E-state index is 6.48. The van der Waals surface area contributed by atoms with E-state index < -0.39 is 0 Å². The van der Waals surface area contributed by atoms with Crippen molar-refractivity contribution in [2.75, 3.05) is 44.8 Å². The normalized spacial score (nSPS) is 24.9. The van der Waals surface area contributed by atoms with E-state index in [2.05, 4.69) is 20.2 Å². The number of fused-ring (bicyclic) bond motifs is 1. The van der Waals surface area contributed by atoms with Crippen LogP contribution in [0.3, 0.4) is 0 Å². The van der Waals surface area contributed by atoms with Gasteiger partial charge in [-0.05, 0) is 57.6 Å². The topological polar surface area (TPSA) is 120 Å². The first-order valence-corrected chi connectivity index (χ1v) is 13.1. The van der Waals surface area contributed by atoms with E-state index in [1.54, 1.807) is 6.21 Å². The number of nitrogens with one attached hydrogen (secondary N) is 1. The molecule has 0 atom stereocenters. The Bertz CT molecular complexity index is 1070. The minimum atomic E-state index is 0.107. The number of aryl methyl sites for hydroxylation is 1. The first-order valence-electron chi connectivity index (χ1n) is 13.1. The lowest BCUT2D eigenvalue weighted by molar-refractivity contribution is -0.00126. The molecule has 3 fully saturated rings. The molecule has 194 valence electrons. The van der Waals surface area contributed by atoms with E-state index in [1.165, 1.54) is 6.20 Å². The minimum absolute atomic E-state index is 0.107. The summed E-state index contributed by atoms with van der Waals surface area (Å²) in [4.78, 5) is 21.3. The van der Waals surface area contributed by atoms with Crippen LogP contribution < -0.4 is 15.8 Å². The van der Waals surface area contributed by atoms with Gasteiger partial charge >= 0.3 is 0 Å². The Labute approximate surface area is 212 Å². The molecule has 0 aromatic carbocycles. The highest BCUT2D eigenvalue weighted by atomic mass is 16.5. The summed E-state index contributed by atoms with van der Waals surface area (Å²) in [5.41, 5.74) is 8.83. The summed E-state index contributed by atoms with van der Waals surface area (Å²) in [5.74, 6) is 0.930. The summed E-state index contributed by atoms with van der Waals surface area (Å²) in [6, 6.07) is 4.75. The van der Waals surface area contributed by atoms with Gasteiger partial charge in [-0.1, -0.05) is 0 Å². The number of hydrogen-bond acceptors (Lipinski definition) is 10. The fraction of sp³-hybridized carbons (Fsp3) is 0.615. The maximum Gasteiger partial charge on any atom is 0.245 e. The second-order valence-corrected chi connectivity index (χ2v) is 9.74. The first-order chi connectivity index (χ1) is 17.7. The van der Waals surface area contributed by atoms with Crippen molar-refractivity contribution < 1.29 is 14.2 Å². The van der Waals surface area contributed by atoms with Crippen LogP contribution in [0, 0.1) is 6.92 Å². The molecule has 3 aliphatic rings. The molecule has 3 N–H and O–H groups in total. The number of aromatic nitrogens is 3. The van der Waals surface area contributed by atoms with Gasteiger partial charge in [0.25, 0.3) is 0 Å². The fourth-order valence-electron chi connectivity index (χ4n) is 5.12. The summed E-state index contributed by atoms with van der Waals surface area (Å²) in [6.45, 7) is 7.18. The summed E-state index contributed by atoms with van der Waals surface area (Å²) in [6.07, 6.45) is 9.40. The van der Waals surface area contributed by atoms with Gasteiger partial charge in [-0.25, -0.2) is 9.97 Å². The Morgan fingerprint density at radius 3 is 2.53 bits per heavy atom. The number of ether oxygens (including phenoxy) is 3. The van der Waals surface area contributed by atoms with Crippen molar-refractivity contribution in [2.45, 2.75) is 63.6 Å². The van der Waals surface area contributed by atoms with Crippen molar-refractivity contribution in [1.29, 1.82) is 0 Å². The molecule has 2 aromatic heterocycles. The monoisotopic (exact) mass is 495 g/mol. The number of rotatable bonds is 7. The molecule has 0 bridgehead atoms. The summed E-state index contributed by atoms with van der Waals surface area (Å²) in [5, 5.41) is 3.21. The Hall–Kier alpha value is -2.82. The highest BCUT2D eigenvalue weighted by Crippen LogP contribution is 2.30. The van der Waals surface area contributed by atoms with Crippen LogP contribution in [0.4, 0.5) is 5.95 Å². The van der Waals surface area contributed by atoms with E-state index in [0.29, 0.717) is 29.1 Å². The molecule has 0 spiro atoms. The van der Waals surface area contributed by atoms with Gasteiger partial charge in [0, 0.05) is 50.5 Å². The molecule has 2 aliphatic heterocycles. The van der Waals surface area contributed by atoms with Crippen LogP contribution in [0.15, 0.2) is 29.0 Å². The Morgan fingerprint density at radius 2 is 1.78 bits per heavy atom. The van der Waals surface area contributed by atoms with Gasteiger partial charge in [0.05, 0.1) is 30.5 Å². The van der Waals surface area contributed by atoms with Crippen molar-refractivity contribution in [3.8, 4) is 5.88 Å². The third kappa shape index (κ3) is 6.29. The zero-order valence-corrected chi connectivity index (χ0v) is 21.1. The largest absolute Gasteiger partial charge is 0.473 e. The van der Waals surface area contributed by atoms with Crippen LogP contribution in [0.5, 0.6) is 5.88 Å². The molecule has 0 amide bonds. The third-order valence-electron chi connectivity index (χ3n) is 7.18. The lowest BCUT2D eigenvalue weighted by atomic mass is 9.91. The van der Waals surface area contributed by atoms with Gasteiger partial charge in [-0.2, -0.15) is 4.98 Å². The van der Waals surface area contributed by atoms with Crippen molar-refractivity contribution in [3.63, 3.8) is 0 Å². The predicted octanol–water partition coefficient (Wildman–Crippen LogP) is 2.82. The van der Waals surface area contributed by atoms with Crippen molar-refractivity contribution in [1.82, 2.24) is 19.9 Å². The minimum Gasteiger partial charge on any atom is -0.473 e. The second-order valence-electron chi connectivity index (χ2n) is 9.74. The molecule has 10 heteroatoms. The number of allylic oxidation sites excluding steroid dienone is 1. The van der Waals surface area contributed by atoms with E-state index >= 15 is 0 Å². The average molecular weight is 496 g/mol. The van der Waals surface area contributed by atoms with Gasteiger partial charge in [0.15, 0.2) is 5.52 Å². The number of anilines is 1. The zero-order chi connectivity index (χ0) is 24.7. The van der Waals surface area contributed by atoms with Crippen LogP contribution in [-0.2, 0) is 9.47 Å². The quantitative estimate of drug-likeness (QED) is 0.559. The molecule has 10 nitrogen and oxygen atoms in total. The molecule has 2 aromatic rings. The van der Waals surface area contributed by atoms with E-state index in [0.717, 1.165) is 89.3 Å². The van der Waals surface area contributed by atoms with Crippen molar-refractivity contribution in [3.05, 3.63) is 29.7 Å². The Kier molecular flexibility index (Phi) is 8.25. The molecule has 0 unspecified atom stereocenters. The SMILES string of the molecule is Cc1ccc2nc(NC(C=NC3CCOCC3)=CN)nc(OC3CCC(N4CCOCC4)CC3)c2n1. The highest BCUT2D eigenvalue weighted by Gasteiger charge is 2.28. The molecule has 36 heavy (non-hydrogen) atoms. The number of morpholine rings is 1. The second kappa shape index (κ2) is 11.9. The summed E-state index contributed by atoms with van der Waals surface area (Å²) in [7, 11) is 0. The number of hydrogen-bond donors (Lipinski definition) is 2. The zero-order valence-electron chi connectivity index (χ0n) is 21.1. The van der Waals surface area contributed by atoms with Gasteiger partial charge in [0.2, 0.25) is 11.8 Å². The summed E-state index contributed by atoms with van der Waals surface area (Å²) >= 11 is 0. The molecular weight excluding hydrogens is 458 g/mol. The predicted molar refractivity (Wildman–Crippen MR) is 139 cm³/mol. The van der Waals surface area contributed by atoms with E-state index in [4.69, 9.17) is 29.9 Å². The highest BCUT2D eigenvalue weighted by molar-refractivity contribution is 5.84. The van der Waals surface area contributed by atoms with Gasteiger partial charge in [-0.3, -0.25) is 9.89 Å². The number of aliphatic imine (C=N–C) groups is 1. The van der Waals surface area contributed by atoms with Crippen LogP contribution >= 0.6 is 0 Å². The molecule has 0 radical (unpaired) electrons. The fourth-order valence-corrected chi connectivity index (χ4v) is 5.12. The van der Waals surface area contributed by atoms with Crippen LogP contribution in [0.25, 0.3) is 11.0 Å². The lowest BCUT2D eigenvalue weighted by Crippen LogP contribution is -2.46. The molecule has 4 heterocycles. The van der Waals surface area contributed by atoms with Gasteiger partial charge in [0.1, 0.15) is 6.10 Å². The Morgan fingerprint density at radius 1 is 1.03 bits per heavy atom. The van der Waals surface area contributed by atoms with Gasteiger partial charge < -0.3 is 25.3 Å². The van der Waals surface area contributed by atoms with E-state index in [9.17, 15) is 0 Å². The van der Waals surface area contributed by atoms with E-state index in [-0.39, 0.29) is 12.1 Å². The first kappa shape index (κ1) is 24.9. The molecule has 5 rings (SSSR count). The number of nitrogens with zero attached hydrogens (tertiary/aromatic N) is 5. The number of pyridine rings is 1. The van der Waals surface area contributed by atoms with Gasteiger partial charge in [-0.15, -0.1) is 0 Å². The smallest absolute Gasteiger partial charge is 0.245 e. The van der Waals surface area contributed by atoms with Crippen LogP contribution in [-0.4, -0.2) is 83.8 Å². The molecule has 2 saturated heterocycles.